The molecule has 0 N–H and O–H groups in total. The lowest BCUT2D eigenvalue weighted by Gasteiger charge is -2.16. The van der Waals surface area contributed by atoms with Gasteiger partial charge in [0.1, 0.15) is 0 Å². The second kappa shape index (κ2) is 2.21. The maximum atomic E-state index is 12.9. The molecule has 0 radical (unpaired) electrons. The Hall–Kier alpha value is 0.300. The molecule has 4 heteroatoms. The number of hydrogen-bond donors (Lipinski definition) is 0. The number of fused-ring (bicyclic) bond motifs is 5. The molecular weight excluding hydrogens is 198 g/mol. The first-order valence-corrected chi connectivity index (χ1v) is 5.83. The maximum Gasteiger partial charge on any atom is 0.342 e. The van der Waals surface area contributed by atoms with Gasteiger partial charge in [-0.1, -0.05) is 35.7 Å². The Bertz CT molecular complexity index is 229. The van der Waals surface area contributed by atoms with Crippen LogP contribution in [0.25, 0.3) is 0 Å². The maximum absolute atomic E-state index is 12.9. The molecule has 0 aromatic rings. The molecule has 12 heavy (non-hydrogen) atoms. The molecule has 66 valence electrons. The van der Waals surface area contributed by atoms with Crippen molar-refractivity contribution in [1.29, 1.82) is 0 Å². The van der Waals surface area contributed by atoms with Gasteiger partial charge in [0.2, 0.25) is 0 Å². The summed E-state index contributed by atoms with van der Waals surface area (Å²) < 4.78 is 23.4. The van der Waals surface area contributed by atoms with Crippen molar-refractivity contribution in [2.24, 2.45) is 11.8 Å². The molecule has 0 aromatic carbocycles. The summed E-state index contributed by atoms with van der Waals surface area (Å²) in [5.41, 5.74) is 0. The highest BCUT2D eigenvalue weighted by Crippen LogP contribution is 2.64. The van der Waals surface area contributed by atoms with Gasteiger partial charge in [-0.25, -0.2) is 0 Å². The van der Waals surface area contributed by atoms with E-state index >= 15 is 0 Å². The Morgan fingerprint density at radius 2 is 1.58 bits per heavy atom. The van der Waals surface area contributed by atoms with Gasteiger partial charge in [0, 0.05) is 10.5 Å². The molecule has 1 saturated heterocycles. The summed E-state index contributed by atoms with van der Waals surface area (Å²) in [5.74, 6) is 0.872. The first kappa shape index (κ1) is 7.68. The van der Waals surface area contributed by atoms with Crippen LogP contribution in [0.15, 0.2) is 12.2 Å². The summed E-state index contributed by atoms with van der Waals surface area (Å²) in [6, 6.07) is 0. The van der Waals surface area contributed by atoms with E-state index in [1.165, 1.54) is 0 Å². The third-order valence-electron chi connectivity index (χ3n) is 2.86. The van der Waals surface area contributed by atoms with Gasteiger partial charge in [0.05, 0.1) is 0 Å². The highest BCUT2D eigenvalue weighted by Gasteiger charge is 2.58. The van der Waals surface area contributed by atoms with Gasteiger partial charge in [0.25, 0.3) is 0 Å². The lowest BCUT2D eigenvalue weighted by Crippen LogP contribution is -2.19. The normalized spacial score (nSPS) is 53.2. The standard InChI is InChI=1S/C8H8F2S2/c9-8(10)11-6-4-1-2-5(3-4)7(6)12-8/h1-2,4-7H,3H2. The lowest BCUT2D eigenvalue weighted by atomic mass is 10.1. The Morgan fingerprint density at radius 1 is 1.08 bits per heavy atom. The molecule has 0 nitrogen and oxygen atoms in total. The van der Waals surface area contributed by atoms with Crippen molar-refractivity contribution in [1.82, 2.24) is 0 Å². The zero-order valence-electron chi connectivity index (χ0n) is 6.24. The molecule has 1 aliphatic heterocycles. The van der Waals surface area contributed by atoms with Gasteiger partial charge < -0.3 is 0 Å². The molecule has 3 rings (SSSR count). The van der Waals surface area contributed by atoms with Crippen LogP contribution in [-0.4, -0.2) is 15.1 Å². The zero-order valence-corrected chi connectivity index (χ0v) is 7.88. The summed E-state index contributed by atoms with van der Waals surface area (Å²) in [7, 11) is 0. The van der Waals surface area contributed by atoms with Crippen molar-refractivity contribution in [2.75, 3.05) is 0 Å². The SMILES string of the molecule is FC1(F)SC2C3C=CC(C3)C2S1. The van der Waals surface area contributed by atoms with Gasteiger partial charge >= 0.3 is 4.59 Å². The van der Waals surface area contributed by atoms with Crippen molar-refractivity contribution >= 4 is 23.5 Å². The molecule has 1 heterocycles. The van der Waals surface area contributed by atoms with Crippen LogP contribution in [0.1, 0.15) is 6.42 Å². The number of hydrogen-bond acceptors (Lipinski definition) is 2. The topological polar surface area (TPSA) is 0 Å². The second-order valence-electron chi connectivity index (χ2n) is 3.58. The van der Waals surface area contributed by atoms with Crippen LogP contribution in [0.2, 0.25) is 0 Å². The molecule has 0 amide bonds. The third kappa shape index (κ3) is 0.909. The van der Waals surface area contributed by atoms with Gasteiger partial charge in [-0.05, 0) is 18.3 Å². The van der Waals surface area contributed by atoms with Crippen molar-refractivity contribution in [3.05, 3.63) is 12.2 Å². The molecule has 0 spiro atoms. The van der Waals surface area contributed by atoms with E-state index in [4.69, 9.17) is 0 Å². The summed E-state index contributed by atoms with van der Waals surface area (Å²) in [6.07, 6.45) is 5.37. The quantitative estimate of drug-likeness (QED) is 0.559. The molecular formula is C8H8F2S2. The predicted molar refractivity (Wildman–Crippen MR) is 48.4 cm³/mol. The van der Waals surface area contributed by atoms with E-state index in [2.05, 4.69) is 12.2 Å². The fourth-order valence-corrected chi connectivity index (χ4v) is 5.67. The summed E-state index contributed by atoms with van der Waals surface area (Å²) >= 11 is 1.76. The van der Waals surface area contributed by atoms with Crippen LogP contribution >= 0.6 is 23.5 Å². The van der Waals surface area contributed by atoms with Gasteiger partial charge in [0.15, 0.2) is 0 Å². The van der Waals surface area contributed by atoms with E-state index < -0.39 is 4.59 Å². The van der Waals surface area contributed by atoms with E-state index in [0.29, 0.717) is 11.8 Å². The summed E-state index contributed by atoms with van der Waals surface area (Å²) in [6.45, 7) is 0. The monoisotopic (exact) mass is 206 g/mol. The first-order valence-electron chi connectivity index (χ1n) is 4.07. The lowest BCUT2D eigenvalue weighted by molar-refractivity contribution is 0.213. The van der Waals surface area contributed by atoms with Crippen LogP contribution in [0.4, 0.5) is 8.78 Å². The summed E-state index contributed by atoms with van der Waals surface area (Å²) in [5, 5.41) is 0.389. The van der Waals surface area contributed by atoms with E-state index in [1.807, 2.05) is 0 Å². The average molecular weight is 206 g/mol. The fourth-order valence-electron chi connectivity index (χ4n) is 2.38. The first-order chi connectivity index (χ1) is 5.66. The molecule has 4 unspecified atom stereocenters. The van der Waals surface area contributed by atoms with E-state index in [0.717, 1.165) is 29.9 Å². The predicted octanol–water partition coefficient (Wildman–Crippen LogP) is 2.96. The third-order valence-corrected chi connectivity index (χ3v) is 5.99. The highest BCUT2D eigenvalue weighted by atomic mass is 32.2. The Labute approximate surface area is 78.2 Å². The number of alkyl halides is 2. The summed E-state index contributed by atoms with van der Waals surface area (Å²) in [4.78, 5) is 0. The number of allylic oxidation sites excluding steroid dienone is 2. The van der Waals surface area contributed by atoms with Crippen LogP contribution in [-0.2, 0) is 0 Å². The fraction of sp³-hybridized carbons (Fsp3) is 0.750. The Kier molecular flexibility index (Phi) is 1.41. The number of halogens is 2. The second-order valence-corrected chi connectivity index (χ2v) is 6.42. The van der Waals surface area contributed by atoms with Gasteiger partial charge in [-0.3, -0.25) is 0 Å². The van der Waals surface area contributed by atoms with Crippen LogP contribution in [0, 0.1) is 11.8 Å². The minimum atomic E-state index is -2.52. The molecule has 2 bridgehead atoms. The van der Waals surface area contributed by atoms with E-state index in [1.54, 1.807) is 0 Å². The molecule has 0 aromatic heterocycles. The van der Waals surface area contributed by atoms with E-state index in [9.17, 15) is 8.78 Å². The van der Waals surface area contributed by atoms with E-state index in [-0.39, 0.29) is 10.5 Å². The zero-order chi connectivity index (χ0) is 8.34. The smallest absolute Gasteiger partial charge is 0.182 e. The highest BCUT2D eigenvalue weighted by molar-refractivity contribution is 8.21. The minimum absolute atomic E-state index is 0.194. The molecule has 2 fully saturated rings. The van der Waals surface area contributed by atoms with Crippen molar-refractivity contribution in [2.45, 2.75) is 21.5 Å². The van der Waals surface area contributed by atoms with Gasteiger partial charge in [-0.2, -0.15) is 8.78 Å². The Balaban J connectivity index is 1.91. The molecule has 2 aliphatic carbocycles. The number of rotatable bonds is 0. The van der Waals surface area contributed by atoms with Gasteiger partial charge in [-0.15, -0.1) is 0 Å². The minimum Gasteiger partial charge on any atom is -0.182 e. The largest absolute Gasteiger partial charge is 0.342 e. The average Bonchev–Trinajstić information content (AvgIpc) is 2.54. The molecule has 4 atom stereocenters. The number of thioether (sulfide) groups is 2. The van der Waals surface area contributed by atoms with Crippen molar-refractivity contribution in [3.63, 3.8) is 0 Å². The molecule has 3 aliphatic rings. The molecule has 1 saturated carbocycles. The van der Waals surface area contributed by atoms with Crippen molar-refractivity contribution < 1.29 is 8.78 Å². The van der Waals surface area contributed by atoms with Crippen molar-refractivity contribution in [3.8, 4) is 0 Å². The Morgan fingerprint density at radius 3 is 2.08 bits per heavy atom. The van der Waals surface area contributed by atoms with Crippen LogP contribution in [0.3, 0.4) is 0 Å². The van der Waals surface area contributed by atoms with Crippen LogP contribution < -0.4 is 0 Å². The van der Waals surface area contributed by atoms with Crippen LogP contribution in [0.5, 0.6) is 0 Å².